The van der Waals surface area contributed by atoms with E-state index in [1.165, 1.54) is 36.9 Å². The molecule has 4 nitrogen and oxygen atoms in total. The molecule has 1 aromatic carbocycles. The first-order valence-electron chi connectivity index (χ1n) is 8.99. The molecule has 1 fully saturated rings. The lowest BCUT2D eigenvalue weighted by atomic mass is 10.0. The first kappa shape index (κ1) is 22.6. The number of hydrogen-bond acceptors (Lipinski definition) is 3. The molecule has 0 bridgehead atoms. The highest BCUT2D eigenvalue weighted by Gasteiger charge is 2.19. The Morgan fingerprint density at radius 1 is 1.24 bits per heavy atom. The average molecular weight is 476 g/mol. The highest BCUT2D eigenvalue weighted by atomic mass is 127. The van der Waals surface area contributed by atoms with Gasteiger partial charge in [0, 0.05) is 38.5 Å². The molecule has 1 aliphatic rings. The molecule has 0 radical (unpaired) electrons. The van der Waals surface area contributed by atoms with Crippen LogP contribution in [0.3, 0.4) is 0 Å². The second-order valence-corrected chi connectivity index (χ2v) is 7.41. The number of guanidine groups is 1. The molecule has 1 aromatic rings. The van der Waals surface area contributed by atoms with E-state index in [4.69, 9.17) is 0 Å². The van der Waals surface area contributed by atoms with Crippen LogP contribution in [0, 0.1) is 0 Å². The number of nitrogens with zero attached hydrogens (tertiary/aromatic N) is 2. The van der Waals surface area contributed by atoms with E-state index in [-0.39, 0.29) is 24.0 Å². The molecule has 1 heterocycles. The number of aliphatic imine (C=N–C) groups is 1. The second kappa shape index (κ2) is 12.8. The van der Waals surface area contributed by atoms with Crippen molar-refractivity contribution in [2.24, 2.45) is 4.99 Å². The maximum Gasteiger partial charge on any atom is 0.191 e. The van der Waals surface area contributed by atoms with Gasteiger partial charge in [0.25, 0.3) is 0 Å². The molecule has 1 unspecified atom stereocenters. The van der Waals surface area contributed by atoms with Gasteiger partial charge < -0.3 is 10.6 Å². The zero-order valence-electron chi connectivity index (χ0n) is 15.8. The summed E-state index contributed by atoms with van der Waals surface area (Å²) in [5, 5.41) is 6.80. The fraction of sp³-hybridized carbons (Fsp3) is 0.632. The van der Waals surface area contributed by atoms with E-state index in [1.54, 1.807) is 0 Å². The zero-order valence-corrected chi connectivity index (χ0v) is 18.9. The van der Waals surface area contributed by atoms with Crippen LogP contribution in [0.25, 0.3) is 0 Å². The third-order valence-corrected chi connectivity index (χ3v) is 5.31. The van der Waals surface area contributed by atoms with Crippen molar-refractivity contribution >= 4 is 41.7 Å². The van der Waals surface area contributed by atoms with Crippen molar-refractivity contribution in [2.75, 3.05) is 32.1 Å². The highest BCUT2D eigenvalue weighted by Crippen LogP contribution is 2.20. The van der Waals surface area contributed by atoms with E-state index in [9.17, 15) is 0 Å². The van der Waals surface area contributed by atoms with Crippen LogP contribution in [0.15, 0.2) is 29.3 Å². The first-order chi connectivity index (χ1) is 11.7. The SMILES string of the molecule is CN=C(NCCSC)NCc1ccccc1CN1CCCCC1C.I. The smallest absolute Gasteiger partial charge is 0.191 e. The average Bonchev–Trinajstić information content (AvgIpc) is 2.61. The summed E-state index contributed by atoms with van der Waals surface area (Å²) < 4.78 is 0. The predicted molar refractivity (Wildman–Crippen MR) is 122 cm³/mol. The molecule has 0 saturated carbocycles. The van der Waals surface area contributed by atoms with Gasteiger partial charge in [-0.2, -0.15) is 11.8 Å². The van der Waals surface area contributed by atoms with E-state index in [0.29, 0.717) is 6.04 Å². The molecule has 0 amide bonds. The summed E-state index contributed by atoms with van der Waals surface area (Å²) in [6, 6.07) is 9.47. The number of halogens is 1. The maximum atomic E-state index is 4.31. The van der Waals surface area contributed by atoms with Gasteiger partial charge in [-0.05, 0) is 43.7 Å². The summed E-state index contributed by atoms with van der Waals surface area (Å²) in [5.41, 5.74) is 2.79. The van der Waals surface area contributed by atoms with E-state index < -0.39 is 0 Å². The van der Waals surface area contributed by atoms with Gasteiger partial charge in [-0.1, -0.05) is 30.7 Å². The predicted octanol–water partition coefficient (Wildman–Crippen LogP) is 3.71. The summed E-state index contributed by atoms with van der Waals surface area (Å²) in [4.78, 5) is 6.93. The topological polar surface area (TPSA) is 39.7 Å². The normalized spacial score (nSPS) is 18.5. The Morgan fingerprint density at radius 2 is 2.00 bits per heavy atom. The lowest BCUT2D eigenvalue weighted by molar-refractivity contribution is 0.152. The van der Waals surface area contributed by atoms with Crippen LogP contribution in [-0.4, -0.2) is 49.0 Å². The minimum Gasteiger partial charge on any atom is -0.356 e. The number of thioether (sulfide) groups is 1. The molecule has 25 heavy (non-hydrogen) atoms. The third kappa shape index (κ3) is 7.74. The Hall–Kier alpha value is -0.470. The summed E-state index contributed by atoms with van der Waals surface area (Å²) in [7, 11) is 1.83. The fourth-order valence-electron chi connectivity index (χ4n) is 3.17. The minimum absolute atomic E-state index is 0. The number of likely N-dealkylation sites (tertiary alicyclic amines) is 1. The standard InChI is InChI=1S/C19H32N4S.HI/c1-16-8-6-7-12-23(16)15-18-10-5-4-9-17(18)14-22-19(20-2)21-11-13-24-3;/h4-5,9-10,16H,6-8,11-15H2,1-3H3,(H2,20,21,22);1H. The van der Waals surface area contributed by atoms with E-state index in [1.807, 2.05) is 18.8 Å². The molecule has 0 aromatic heterocycles. The minimum atomic E-state index is 0. The Bertz CT molecular complexity index is 524. The Labute approximate surface area is 174 Å². The van der Waals surface area contributed by atoms with Crippen molar-refractivity contribution in [3.8, 4) is 0 Å². The van der Waals surface area contributed by atoms with Gasteiger partial charge >= 0.3 is 0 Å². The number of piperidine rings is 1. The second-order valence-electron chi connectivity index (χ2n) is 6.43. The molecular formula is C19H33IN4S. The molecule has 0 aliphatic carbocycles. The Kier molecular flexibility index (Phi) is 11.6. The number of benzene rings is 1. The lowest BCUT2D eigenvalue weighted by Crippen LogP contribution is -2.39. The number of rotatable bonds is 7. The van der Waals surface area contributed by atoms with Gasteiger partial charge in [-0.15, -0.1) is 24.0 Å². The quantitative estimate of drug-likeness (QED) is 0.273. The van der Waals surface area contributed by atoms with Crippen molar-refractivity contribution in [1.82, 2.24) is 15.5 Å². The van der Waals surface area contributed by atoms with Crippen LogP contribution < -0.4 is 10.6 Å². The van der Waals surface area contributed by atoms with Crippen molar-refractivity contribution in [2.45, 2.75) is 45.3 Å². The van der Waals surface area contributed by atoms with Crippen LogP contribution in [0.4, 0.5) is 0 Å². The molecule has 1 saturated heterocycles. The molecule has 6 heteroatoms. The molecule has 2 rings (SSSR count). The van der Waals surface area contributed by atoms with Gasteiger partial charge in [0.2, 0.25) is 0 Å². The highest BCUT2D eigenvalue weighted by molar-refractivity contribution is 14.0. The van der Waals surface area contributed by atoms with Crippen molar-refractivity contribution in [1.29, 1.82) is 0 Å². The molecule has 2 N–H and O–H groups in total. The van der Waals surface area contributed by atoms with E-state index in [0.717, 1.165) is 31.3 Å². The first-order valence-corrected chi connectivity index (χ1v) is 10.4. The van der Waals surface area contributed by atoms with Gasteiger partial charge in [-0.25, -0.2) is 0 Å². The van der Waals surface area contributed by atoms with Crippen LogP contribution in [0.1, 0.15) is 37.3 Å². The van der Waals surface area contributed by atoms with Gasteiger partial charge in [0.05, 0.1) is 0 Å². The van der Waals surface area contributed by atoms with Gasteiger partial charge in [0.15, 0.2) is 5.96 Å². The van der Waals surface area contributed by atoms with Crippen LogP contribution in [0.5, 0.6) is 0 Å². The molecule has 0 spiro atoms. The largest absolute Gasteiger partial charge is 0.356 e. The fourth-order valence-corrected chi connectivity index (χ4v) is 3.47. The summed E-state index contributed by atoms with van der Waals surface area (Å²) in [6.07, 6.45) is 6.15. The Morgan fingerprint density at radius 3 is 2.68 bits per heavy atom. The van der Waals surface area contributed by atoms with Crippen LogP contribution in [0.2, 0.25) is 0 Å². The third-order valence-electron chi connectivity index (χ3n) is 4.70. The zero-order chi connectivity index (χ0) is 17.2. The molecular weight excluding hydrogens is 443 g/mol. The molecule has 1 atom stereocenters. The van der Waals surface area contributed by atoms with E-state index >= 15 is 0 Å². The van der Waals surface area contributed by atoms with E-state index in [2.05, 4.69) is 58.0 Å². The van der Waals surface area contributed by atoms with Crippen molar-refractivity contribution in [3.05, 3.63) is 35.4 Å². The maximum absolute atomic E-state index is 4.31. The molecule has 1 aliphatic heterocycles. The number of nitrogens with one attached hydrogen (secondary N) is 2. The van der Waals surface area contributed by atoms with Crippen molar-refractivity contribution in [3.63, 3.8) is 0 Å². The Balaban J connectivity index is 0.00000312. The van der Waals surface area contributed by atoms with Crippen molar-refractivity contribution < 1.29 is 0 Å². The summed E-state index contributed by atoms with van der Waals surface area (Å²) >= 11 is 1.84. The molecule has 142 valence electrons. The van der Waals surface area contributed by atoms with Crippen LogP contribution >= 0.6 is 35.7 Å². The van der Waals surface area contributed by atoms with Gasteiger partial charge in [0.1, 0.15) is 0 Å². The van der Waals surface area contributed by atoms with Gasteiger partial charge in [-0.3, -0.25) is 9.89 Å². The summed E-state index contributed by atoms with van der Waals surface area (Å²) in [6.45, 7) is 6.39. The lowest BCUT2D eigenvalue weighted by Gasteiger charge is -2.33. The number of hydrogen-bond donors (Lipinski definition) is 2. The van der Waals surface area contributed by atoms with Crippen LogP contribution in [-0.2, 0) is 13.1 Å². The monoisotopic (exact) mass is 476 g/mol. The summed E-state index contributed by atoms with van der Waals surface area (Å²) in [5.74, 6) is 1.97.